The lowest BCUT2D eigenvalue weighted by atomic mass is 10.1. The average molecular weight is 311 g/mol. The van der Waals surface area contributed by atoms with Crippen molar-refractivity contribution in [1.82, 2.24) is 15.0 Å². The molecule has 0 fully saturated rings. The monoisotopic (exact) mass is 311 g/mol. The summed E-state index contributed by atoms with van der Waals surface area (Å²) in [6.07, 6.45) is 6.65. The highest BCUT2D eigenvalue weighted by atomic mass is 32.1. The van der Waals surface area contributed by atoms with Crippen LogP contribution < -0.4 is 4.74 Å². The van der Waals surface area contributed by atoms with Gasteiger partial charge in [0.1, 0.15) is 16.5 Å². The zero-order valence-corrected chi connectivity index (χ0v) is 12.7. The number of aromatic nitrogens is 3. The van der Waals surface area contributed by atoms with Crippen LogP contribution in [0, 0.1) is 6.92 Å². The van der Waals surface area contributed by atoms with Gasteiger partial charge in [-0.25, -0.2) is 4.98 Å². The Morgan fingerprint density at radius 2 is 2.09 bits per heavy atom. The molecule has 5 nitrogen and oxygen atoms in total. The van der Waals surface area contributed by atoms with Crippen molar-refractivity contribution in [3.63, 3.8) is 0 Å². The fourth-order valence-corrected chi connectivity index (χ4v) is 2.66. The topological polar surface area (TPSA) is 65.0 Å². The van der Waals surface area contributed by atoms with Crippen LogP contribution in [-0.4, -0.2) is 20.7 Å². The molecule has 0 saturated carbocycles. The van der Waals surface area contributed by atoms with Crippen LogP contribution in [0.4, 0.5) is 0 Å². The molecular weight excluding hydrogens is 298 g/mol. The molecule has 110 valence electrons. The van der Waals surface area contributed by atoms with Crippen molar-refractivity contribution >= 4 is 17.1 Å². The van der Waals surface area contributed by atoms with Gasteiger partial charge >= 0.3 is 0 Å². The van der Waals surface area contributed by atoms with E-state index in [9.17, 15) is 4.79 Å². The molecule has 0 unspecified atom stereocenters. The van der Waals surface area contributed by atoms with Gasteiger partial charge < -0.3 is 4.74 Å². The number of carbonyl (C=O) groups excluding carboxylic acids is 1. The predicted octanol–water partition coefficient (Wildman–Crippen LogP) is 3.46. The molecule has 0 bridgehead atoms. The maximum absolute atomic E-state index is 12.3. The van der Waals surface area contributed by atoms with Gasteiger partial charge in [0.25, 0.3) is 0 Å². The minimum absolute atomic E-state index is 0.0292. The summed E-state index contributed by atoms with van der Waals surface area (Å²) in [4.78, 5) is 24.6. The molecule has 0 radical (unpaired) electrons. The summed E-state index contributed by atoms with van der Waals surface area (Å²) in [5.41, 5.74) is 1.44. The van der Waals surface area contributed by atoms with E-state index in [1.54, 1.807) is 43.0 Å². The van der Waals surface area contributed by atoms with E-state index in [0.717, 1.165) is 10.7 Å². The van der Waals surface area contributed by atoms with Crippen molar-refractivity contribution < 1.29 is 9.53 Å². The number of ether oxygens (including phenoxy) is 1. The standard InChI is InChI=1S/C16H13N3O2S/c1-11-10-22-16(19-11)6-15(20)12-5-14(9-18-7-12)21-13-3-2-4-17-8-13/h2-5,7-10H,6H2,1H3. The van der Waals surface area contributed by atoms with E-state index in [1.165, 1.54) is 11.3 Å². The van der Waals surface area contributed by atoms with Crippen molar-refractivity contribution in [2.24, 2.45) is 0 Å². The number of hydrogen-bond donors (Lipinski definition) is 0. The van der Waals surface area contributed by atoms with Crippen LogP contribution >= 0.6 is 11.3 Å². The van der Waals surface area contributed by atoms with Crippen LogP contribution in [0.3, 0.4) is 0 Å². The van der Waals surface area contributed by atoms with E-state index in [0.29, 0.717) is 17.1 Å². The molecule has 0 saturated heterocycles. The molecular formula is C16H13N3O2S. The van der Waals surface area contributed by atoms with Crippen LogP contribution in [0.2, 0.25) is 0 Å². The first-order valence-corrected chi connectivity index (χ1v) is 7.56. The minimum Gasteiger partial charge on any atom is -0.454 e. The summed E-state index contributed by atoms with van der Waals surface area (Å²) in [5, 5.41) is 2.74. The van der Waals surface area contributed by atoms with Gasteiger partial charge in [0.2, 0.25) is 0 Å². The maximum Gasteiger partial charge on any atom is 0.171 e. The van der Waals surface area contributed by atoms with Gasteiger partial charge in [-0.05, 0) is 25.1 Å². The summed E-state index contributed by atoms with van der Waals surface area (Å²) in [6, 6.07) is 5.26. The van der Waals surface area contributed by atoms with Crippen LogP contribution in [0.1, 0.15) is 21.1 Å². The Hall–Kier alpha value is -2.60. The quantitative estimate of drug-likeness (QED) is 0.675. The largest absolute Gasteiger partial charge is 0.454 e. The molecule has 0 aromatic carbocycles. The Kier molecular flexibility index (Phi) is 4.20. The third-order valence-corrected chi connectivity index (χ3v) is 3.85. The molecule has 0 aliphatic heterocycles. The Bertz CT molecular complexity index is 787. The normalized spacial score (nSPS) is 10.4. The van der Waals surface area contributed by atoms with Gasteiger partial charge in [-0.2, -0.15) is 0 Å². The van der Waals surface area contributed by atoms with Gasteiger partial charge in [0, 0.05) is 29.0 Å². The molecule has 3 heterocycles. The maximum atomic E-state index is 12.3. The lowest BCUT2D eigenvalue weighted by Crippen LogP contribution is -2.04. The van der Waals surface area contributed by atoms with Crippen molar-refractivity contribution in [2.45, 2.75) is 13.3 Å². The zero-order chi connectivity index (χ0) is 15.4. The number of nitrogens with zero attached hydrogens (tertiary/aromatic N) is 3. The lowest BCUT2D eigenvalue weighted by molar-refractivity contribution is 0.0992. The first-order chi connectivity index (χ1) is 10.7. The van der Waals surface area contributed by atoms with E-state index < -0.39 is 0 Å². The van der Waals surface area contributed by atoms with E-state index in [1.807, 2.05) is 12.3 Å². The average Bonchev–Trinajstić information content (AvgIpc) is 2.93. The van der Waals surface area contributed by atoms with Crippen molar-refractivity contribution in [3.05, 3.63) is 64.6 Å². The van der Waals surface area contributed by atoms with Crippen LogP contribution in [-0.2, 0) is 6.42 Å². The number of rotatable bonds is 5. The SMILES string of the molecule is Cc1csc(CC(=O)c2cncc(Oc3cccnc3)c2)n1. The molecule has 0 aliphatic carbocycles. The van der Waals surface area contributed by atoms with Gasteiger partial charge in [-0.3, -0.25) is 14.8 Å². The first-order valence-electron chi connectivity index (χ1n) is 6.68. The highest BCUT2D eigenvalue weighted by Crippen LogP contribution is 2.21. The zero-order valence-electron chi connectivity index (χ0n) is 11.9. The van der Waals surface area contributed by atoms with Crippen LogP contribution in [0.15, 0.2) is 48.4 Å². The number of thiazole rings is 1. The molecule has 0 N–H and O–H groups in total. The Morgan fingerprint density at radius 3 is 2.82 bits per heavy atom. The fraction of sp³-hybridized carbons (Fsp3) is 0.125. The predicted molar refractivity (Wildman–Crippen MR) is 83.4 cm³/mol. The third kappa shape index (κ3) is 3.53. The Balaban J connectivity index is 1.74. The number of aryl methyl sites for hydroxylation is 1. The molecule has 0 atom stereocenters. The van der Waals surface area contributed by atoms with Gasteiger partial charge in [-0.1, -0.05) is 0 Å². The highest BCUT2D eigenvalue weighted by Gasteiger charge is 2.11. The summed E-state index contributed by atoms with van der Waals surface area (Å²) >= 11 is 1.49. The molecule has 0 spiro atoms. The van der Waals surface area contributed by atoms with Crippen LogP contribution in [0.25, 0.3) is 0 Å². The molecule has 0 amide bonds. The third-order valence-electron chi connectivity index (χ3n) is 2.88. The van der Waals surface area contributed by atoms with E-state index in [4.69, 9.17) is 4.74 Å². The molecule has 22 heavy (non-hydrogen) atoms. The Labute approximate surface area is 131 Å². The second-order valence-corrected chi connectivity index (χ2v) is 5.63. The van der Waals surface area contributed by atoms with Crippen molar-refractivity contribution in [3.8, 4) is 11.5 Å². The second-order valence-electron chi connectivity index (χ2n) is 4.68. The van der Waals surface area contributed by atoms with Crippen LogP contribution in [0.5, 0.6) is 11.5 Å². The van der Waals surface area contributed by atoms with Crippen molar-refractivity contribution in [1.29, 1.82) is 0 Å². The first kappa shape index (κ1) is 14.3. The smallest absolute Gasteiger partial charge is 0.171 e. The second kappa shape index (κ2) is 6.44. The molecule has 3 aromatic rings. The summed E-state index contributed by atoms with van der Waals surface area (Å²) in [6.45, 7) is 1.91. The summed E-state index contributed by atoms with van der Waals surface area (Å²) in [5.74, 6) is 1.08. The highest BCUT2D eigenvalue weighted by molar-refractivity contribution is 7.09. The van der Waals surface area contributed by atoms with Gasteiger partial charge in [0.15, 0.2) is 5.78 Å². The minimum atomic E-state index is -0.0292. The molecule has 3 rings (SSSR count). The number of Topliss-reactive ketones (excluding diaryl/α,β-unsaturated/α-hetero) is 1. The lowest BCUT2D eigenvalue weighted by Gasteiger charge is -2.05. The number of ketones is 1. The summed E-state index contributed by atoms with van der Waals surface area (Å²) < 4.78 is 5.63. The fourth-order valence-electron chi connectivity index (χ4n) is 1.89. The summed E-state index contributed by atoms with van der Waals surface area (Å²) in [7, 11) is 0. The van der Waals surface area contributed by atoms with E-state index in [2.05, 4.69) is 15.0 Å². The van der Waals surface area contributed by atoms with Gasteiger partial charge in [0.05, 0.1) is 18.8 Å². The van der Waals surface area contributed by atoms with Crippen molar-refractivity contribution in [2.75, 3.05) is 0 Å². The van der Waals surface area contributed by atoms with Gasteiger partial charge in [-0.15, -0.1) is 11.3 Å². The number of carbonyl (C=O) groups is 1. The number of pyridine rings is 2. The van der Waals surface area contributed by atoms with E-state index >= 15 is 0 Å². The molecule has 6 heteroatoms. The number of hydrogen-bond acceptors (Lipinski definition) is 6. The molecule has 3 aromatic heterocycles. The van der Waals surface area contributed by atoms with E-state index in [-0.39, 0.29) is 12.2 Å². The molecule has 0 aliphatic rings. The Morgan fingerprint density at radius 1 is 1.23 bits per heavy atom.